The van der Waals surface area contributed by atoms with Gasteiger partial charge in [0.05, 0.1) is 0 Å². The van der Waals surface area contributed by atoms with Gasteiger partial charge in [-0.2, -0.15) is 0 Å². The van der Waals surface area contributed by atoms with Gasteiger partial charge in [0.1, 0.15) is 11.9 Å². The molecule has 1 fully saturated rings. The topological polar surface area (TPSA) is 9.23 Å². The van der Waals surface area contributed by atoms with Gasteiger partial charge in [-0.15, -0.1) is 0 Å². The first-order chi connectivity index (χ1) is 9.88. The van der Waals surface area contributed by atoms with Crippen LogP contribution < -0.4 is 4.74 Å². The maximum absolute atomic E-state index is 6.22. The Morgan fingerprint density at radius 3 is 2.40 bits per heavy atom. The maximum atomic E-state index is 6.22. The third kappa shape index (κ3) is 2.14. The molecular formula is C19H18O. The molecule has 0 heterocycles. The van der Waals surface area contributed by atoms with Crippen LogP contribution in [0.2, 0.25) is 0 Å². The van der Waals surface area contributed by atoms with Gasteiger partial charge in [-0.3, -0.25) is 0 Å². The third-order valence-electron chi connectivity index (χ3n) is 4.45. The molecule has 2 aromatic rings. The van der Waals surface area contributed by atoms with Crippen molar-refractivity contribution in [3.63, 3.8) is 0 Å². The van der Waals surface area contributed by atoms with Crippen LogP contribution in [0.25, 0.3) is 11.1 Å². The fraction of sp³-hybridized carbons (Fsp3) is 0.263. The van der Waals surface area contributed by atoms with E-state index in [1.165, 1.54) is 24.0 Å². The Bertz CT molecular complexity index is 629. The monoisotopic (exact) mass is 262 g/mol. The zero-order valence-corrected chi connectivity index (χ0v) is 11.4. The zero-order chi connectivity index (χ0) is 13.4. The first kappa shape index (κ1) is 11.8. The summed E-state index contributed by atoms with van der Waals surface area (Å²) in [5.41, 5.74) is 2.47. The summed E-state index contributed by atoms with van der Waals surface area (Å²) >= 11 is 0. The SMILES string of the molecule is C1=CC2CC1CC2Oc1cccc(-c2ccccc2)c1. The molecule has 100 valence electrons. The Morgan fingerprint density at radius 2 is 1.65 bits per heavy atom. The van der Waals surface area contributed by atoms with Gasteiger partial charge in [0, 0.05) is 5.92 Å². The second-order valence-corrected chi connectivity index (χ2v) is 5.83. The van der Waals surface area contributed by atoms with Gasteiger partial charge in [0.25, 0.3) is 0 Å². The highest BCUT2D eigenvalue weighted by Gasteiger charge is 2.37. The normalized spacial score (nSPS) is 26.9. The number of fused-ring (bicyclic) bond motifs is 2. The Balaban J connectivity index is 1.56. The molecule has 2 bridgehead atoms. The predicted molar refractivity (Wildman–Crippen MR) is 81.6 cm³/mol. The number of ether oxygens (including phenoxy) is 1. The minimum atomic E-state index is 0.371. The van der Waals surface area contributed by atoms with Gasteiger partial charge in [-0.1, -0.05) is 54.6 Å². The van der Waals surface area contributed by atoms with E-state index in [1.807, 2.05) is 6.07 Å². The van der Waals surface area contributed by atoms with Gasteiger partial charge in [0.15, 0.2) is 0 Å². The fourth-order valence-corrected chi connectivity index (χ4v) is 3.42. The van der Waals surface area contributed by atoms with Crippen molar-refractivity contribution in [2.75, 3.05) is 0 Å². The van der Waals surface area contributed by atoms with Crippen LogP contribution in [-0.2, 0) is 0 Å². The minimum absolute atomic E-state index is 0.371. The van der Waals surface area contributed by atoms with Crippen LogP contribution in [0.3, 0.4) is 0 Å². The smallest absolute Gasteiger partial charge is 0.120 e. The lowest BCUT2D eigenvalue weighted by atomic mass is 10.0. The summed E-state index contributed by atoms with van der Waals surface area (Å²) in [7, 11) is 0. The molecule has 2 aliphatic carbocycles. The zero-order valence-electron chi connectivity index (χ0n) is 11.4. The summed E-state index contributed by atoms with van der Waals surface area (Å²) in [5.74, 6) is 2.37. The molecule has 1 nitrogen and oxygen atoms in total. The van der Waals surface area contributed by atoms with E-state index in [1.54, 1.807) is 0 Å². The van der Waals surface area contributed by atoms with Gasteiger partial charge < -0.3 is 4.74 Å². The highest BCUT2D eigenvalue weighted by Crippen LogP contribution is 2.41. The average molecular weight is 262 g/mol. The van der Waals surface area contributed by atoms with E-state index in [4.69, 9.17) is 4.74 Å². The van der Waals surface area contributed by atoms with Crippen LogP contribution in [0.15, 0.2) is 66.7 Å². The Hall–Kier alpha value is -2.02. The molecule has 20 heavy (non-hydrogen) atoms. The lowest BCUT2D eigenvalue weighted by Gasteiger charge is -2.20. The van der Waals surface area contributed by atoms with Gasteiger partial charge in [-0.05, 0) is 42.0 Å². The van der Waals surface area contributed by atoms with Crippen molar-refractivity contribution in [1.29, 1.82) is 0 Å². The molecule has 0 aromatic heterocycles. The van der Waals surface area contributed by atoms with Crippen molar-refractivity contribution in [3.8, 4) is 16.9 Å². The lowest BCUT2D eigenvalue weighted by molar-refractivity contribution is 0.175. The highest BCUT2D eigenvalue weighted by atomic mass is 16.5. The Kier molecular flexibility index (Phi) is 2.84. The molecule has 2 aromatic carbocycles. The number of hydrogen-bond donors (Lipinski definition) is 0. The maximum Gasteiger partial charge on any atom is 0.120 e. The third-order valence-corrected chi connectivity index (χ3v) is 4.45. The van der Waals surface area contributed by atoms with Crippen LogP contribution in [-0.4, -0.2) is 6.10 Å². The van der Waals surface area contributed by atoms with E-state index in [0.29, 0.717) is 12.0 Å². The number of benzene rings is 2. The van der Waals surface area contributed by atoms with E-state index in [2.05, 4.69) is 60.7 Å². The standard InChI is InChI=1S/C19H18O/c1-2-5-15(6-3-1)16-7-4-8-18(13-16)20-19-12-14-9-10-17(19)11-14/h1-10,13-14,17,19H,11-12H2. The van der Waals surface area contributed by atoms with E-state index < -0.39 is 0 Å². The molecule has 3 unspecified atom stereocenters. The number of allylic oxidation sites excluding steroid dienone is 1. The highest BCUT2D eigenvalue weighted by molar-refractivity contribution is 5.64. The summed E-state index contributed by atoms with van der Waals surface area (Å²) < 4.78 is 6.22. The van der Waals surface area contributed by atoms with Crippen LogP contribution in [0.5, 0.6) is 5.75 Å². The second kappa shape index (κ2) is 4.82. The first-order valence-electron chi connectivity index (χ1n) is 7.39. The molecule has 4 rings (SSSR count). The number of hydrogen-bond acceptors (Lipinski definition) is 1. The van der Waals surface area contributed by atoms with Crippen LogP contribution in [0, 0.1) is 11.8 Å². The van der Waals surface area contributed by atoms with Crippen LogP contribution in [0.1, 0.15) is 12.8 Å². The predicted octanol–water partition coefficient (Wildman–Crippen LogP) is 4.70. The molecule has 0 spiro atoms. The molecular weight excluding hydrogens is 244 g/mol. The van der Waals surface area contributed by atoms with Crippen molar-refractivity contribution in [3.05, 3.63) is 66.7 Å². The van der Waals surface area contributed by atoms with E-state index in [0.717, 1.165) is 11.7 Å². The molecule has 0 amide bonds. The molecule has 0 radical (unpaired) electrons. The fourth-order valence-electron chi connectivity index (χ4n) is 3.42. The minimum Gasteiger partial charge on any atom is -0.490 e. The van der Waals surface area contributed by atoms with Crippen molar-refractivity contribution in [1.82, 2.24) is 0 Å². The quantitative estimate of drug-likeness (QED) is 0.729. The van der Waals surface area contributed by atoms with E-state index >= 15 is 0 Å². The molecule has 2 aliphatic rings. The van der Waals surface area contributed by atoms with Crippen molar-refractivity contribution in [2.24, 2.45) is 11.8 Å². The van der Waals surface area contributed by atoms with Gasteiger partial charge in [-0.25, -0.2) is 0 Å². The molecule has 3 atom stereocenters. The Labute approximate surface area is 119 Å². The van der Waals surface area contributed by atoms with Crippen LogP contribution >= 0.6 is 0 Å². The summed E-state index contributed by atoms with van der Waals surface area (Å²) in [5, 5.41) is 0. The van der Waals surface area contributed by atoms with Crippen molar-refractivity contribution in [2.45, 2.75) is 18.9 Å². The second-order valence-electron chi connectivity index (χ2n) is 5.83. The number of rotatable bonds is 3. The van der Waals surface area contributed by atoms with Crippen LogP contribution in [0.4, 0.5) is 0 Å². The van der Waals surface area contributed by atoms with E-state index in [-0.39, 0.29) is 0 Å². The van der Waals surface area contributed by atoms with E-state index in [9.17, 15) is 0 Å². The largest absolute Gasteiger partial charge is 0.490 e. The Morgan fingerprint density at radius 1 is 0.800 bits per heavy atom. The average Bonchev–Trinajstić information content (AvgIpc) is 3.11. The summed E-state index contributed by atoms with van der Waals surface area (Å²) in [4.78, 5) is 0. The summed E-state index contributed by atoms with van der Waals surface area (Å²) in [6.07, 6.45) is 7.51. The molecule has 0 aliphatic heterocycles. The molecule has 0 saturated heterocycles. The first-order valence-corrected chi connectivity index (χ1v) is 7.39. The van der Waals surface area contributed by atoms with Gasteiger partial charge in [0.2, 0.25) is 0 Å². The van der Waals surface area contributed by atoms with Crippen molar-refractivity contribution >= 4 is 0 Å². The summed E-state index contributed by atoms with van der Waals surface area (Å²) in [6, 6.07) is 18.9. The lowest BCUT2D eigenvalue weighted by Crippen LogP contribution is -2.21. The molecule has 1 heteroatoms. The van der Waals surface area contributed by atoms with Gasteiger partial charge >= 0.3 is 0 Å². The van der Waals surface area contributed by atoms with Crippen molar-refractivity contribution < 1.29 is 4.74 Å². The molecule has 0 N–H and O–H groups in total. The summed E-state index contributed by atoms with van der Waals surface area (Å²) in [6.45, 7) is 0. The molecule has 1 saturated carbocycles.